The Hall–Kier alpha value is -1.94. The number of nitrogens with zero attached hydrogens (tertiary/aromatic N) is 2. The third-order valence-corrected chi connectivity index (χ3v) is 5.43. The van der Waals surface area contributed by atoms with Crippen LogP contribution in [0.1, 0.15) is 19.8 Å². The van der Waals surface area contributed by atoms with Gasteiger partial charge in [0.2, 0.25) is 0 Å². The Morgan fingerprint density at radius 3 is 2.35 bits per heavy atom. The average Bonchev–Trinajstić information content (AvgIpc) is 2.60. The quantitative estimate of drug-likeness (QED) is 0.935. The second-order valence-electron chi connectivity index (χ2n) is 6.72. The van der Waals surface area contributed by atoms with Crippen LogP contribution in [0, 0.1) is 11.7 Å². The number of piperidine rings is 3. The first kappa shape index (κ1) is 14.6. The number of benzene rings is 1. The zero-order valence-electron chi connectivity index (χ0n) is 13.4. The second kappa shape index (κ2) is 5.93. The molecule has 2 bridgehead atoms. The summed E-state index contributed by atoms with van der Waals surface area (Å²) in [5, 5.41) is 3.64. The molecule has 4 heteroatoms. The molecule has 2 atom stereocenters. The molecule has 1 N–H and O–H groups in total. The molecule has 3 nitrogen and oxygen atoms in total. The monoisotopic (exact) mass is 311 g/mol. The fourth-order valence-corrected chi connectivity index (χ4v) is 4.01. The van der Waals surface area contributed by atoms with Crippen molar-refractivity contribution < 1.29 is 4.39 Å². The van der Waals surface area contributed by atoms with Crippen molar-refractivity contribution in [2.45, 2.75) is 31.8 Å². The Balaban J connectivity index is 1.49. The molecule has 3 fully saturated rings. The summed E-state index contributed by atoms with van der Waals surface area (Å²) in [5.41, 5.74) is 2.00. The van der Waals surface area contributed by atoms with Crippen LogP contribution in [0.3, 0.4) is 0 Å². The van der Waals surface area contributed by atoms with E-state index in [9.17, 15) is 4.39 Å². The van der Waals surface area contributed by atoms with E-state index in [1.165, 1.54) is 38.1 Å². The van der Waals surface area contributed by atoms with Gasteiger partial charge in [-0.2, -0.15) is 0 Å². The van der Waals surface area contributed by atoms with Gasteiger partial charge in [0.25, 0.3) is 0 Å². The first-order valence-electron chi connectivity index (χ1n) is 8.43. The van der Waals surface area contributed by atoms with Gasteiger partial charge in [0.05, 0.1) is 0 Å². The summed E-state index contributed by atoms with van der Waals surface area (Å²) in [5.74, 6) is 1.48. The highest BCUT2D eigenvalue weighted by Gasteiger charge is 2.39. The number of fused-ring (bicyclic) bond motifs is 3. The van der Waals surface area contributed by atoms with Crippen molar-refractivity contribution in [3.8, 4) is 11.1 Å². The van der Waals surface area contributed by atoms with Crippen LogP contribution in [-0.2, 0) is 0 Å². The van der Waals surface area contributed by atoms with E-state index in [-0.39, 0.29) is 5.82 Å². The van der Waals surface area contributed by atoms with Crippen LogP contribution in [0.15, 0.2) is 42.6 Å². The normalized spacial score (nSPS) is 29.5. The van der Waals surface area contributed by atoms with E-state index in [0.717, 1.165) is 22.9 Å². The third-order valence-electron chi connectivity index (χ3n) is 5.43. The minimum absolute atomic E-state index is 0.212. The molecule has 2 aromatic rings. The number of rotatable bonds is 3. The van der Waals surface area contributed by atoms with Crippen molar-refractivity contribution in [3.63, 3.8) is 0 Å². The lowest BCUT2D eigenvalue weighted by Gasteiger charge is -2.50. The molecule has 0 radical (unpaired) electrons. The lowest BCUT2D eigenvalue weighted by molar-refractivity contribution is 0.0457. The van der Waals surface area contributed by atoms with Crippen LogP contribution in [0.25, 0.3) is 11.1 Å². The number of hydrogen-bond acceptors (Lipinski definition) is 3. The highest BCUT2D eigenvalue weighted by atomic mass is 19.1. The molecule has 0 amide bonds. The molecule has 0 saturated carbocycles. The second-order valence-corrected chi connectivity index (χ2v) is 6.72. The van der Waals surface area contributed by atoms with E-state index < -0.39 is 0 Å². The molecule has 3 saturated heterocycles. The van der Waals surface area contributed by atoms with Crippen molar-refractivity contribution in [1.82, 2.24) is 9.88 Å². The van der Waals surface area contributed by atoms with Gasteiger partial charge in [-0.3, -0.25) is 4.90 Å². The predicted molar refractivity (Wildman–Crippen MR) is 90.8 cm³/mol. The fraction of sp³-hybridized carbons (Fsp3) is 0.421. The highest BCUT2D eigenvalue weighted by molar-refractivity contribution is 5.63. The minimum Gasteiger partial charge on any atom is -0.365 e. The number of hydrogen-bond donors (Lipinski definition) is 1. The predicted octanol–water partition coefficient (Wildman–Crippen LogP) is 3.78. The van der Waals surface area contributed by atoms with E-state index in [2.05, 4.69) is 28.2 Å². The number of halogens is 1. The fourth-order valence-electron chi connectivity index (χ4n) is 4.01. The summed E-state index contributed by atoms with van der Waals surface area (Å²) in [4.78, 5) is 7.14. The molecule has 3 aliphatic rings. The van der Waals surface area contributed by atoms with Crippen LogP contribution < -0.4 is 5.32 Å². The van der Waals surface area contributed by atoms with E-state index in [4.69, 9.17) is 0 Å². The van der Waals surface area contributed by atoms with Gasteiger partial charge in [-0.25, -0.2) is 9.37 Å². The third kappa shape index (κ3) is 2.83. The van der Waals surface area contributed by atoms with E-state index in [0.29, 0.717) is 12.1 Å². The molecule has 1 aromatic heterocycles. The summed E-state index contributed by atoms with van der Waals surface area (Å²) in [6.07, 6.45) is 4.44. The summed E-state index contributed by atoms with van der Waals surface area (Å²) in [6.45, 7) is 4.79. The van der Waals surface area contributed by atoms with Crippen molar-refractivity contribution >= 4 is 5.82 Å². The number of anilines is 1. The molecular formula is C19H22FN3. The smallest absolute Gasteiger partial charge is 0.126 e. The maximum absolute atomic E-state index is 13.0. The standard InChI is InChI=1S/C19H22FN3/c1-13-19(15-8-10-23(13)11-9-15)22-18-7-4-16(12-21-18)14-2-5-17(20)6-3-14/h2-7,12-13,15,19H,8-11H2,1H3,(H,21,22)/t13-,19-/m1/s1. The van der Waals surface area contributed by atoms with Gasteiger partial charge in [0.1, 0.15) is 11.6 Å². The average molecular weight is 311 g/mol. The Kier molecular flexibility index (Phi) is 3.77. The van der Waals surface area contributed by atoms with Crippen LogP contribution in [0.5, 0.6) is 0 Å². The van der Waals surface area contributed by atoms with Crippen LogP contribution in [0.2, 0.25) is 0 Å². The number of nitrogens with one attached hydrogen (secondary N) is 1. The molecule has 5 rings (SSSR count). The maximum atomic E-state index is 13.0. The SMILES string of the molecule is C[C@@H]1[C@@H](Nc2ccc(-c3ccc(F)cc3)cn2)C2CCN1CC2. The Labute approximate surface area is 136 Å². The molecule has 4 heterocycles. The number of aromatic nitrogens is 1. The van der Waals surface area contributed by atoms with Gasteiger partial charge in [-0.15, -0.1) is 0 Å². The van der Waals surface area contributed by atoms with Gasteiger partial charge >= 0.3 is 0 Å². The summed E-state index contributed by atoms with van der Waals surface area (Å²) >= 11 is 0. The minimum atomic E-state index is -0.212. The van der Waals surface area contributed by atoms with E-state index in [1.54, 1.807) is 12.1 Å². The van der Waals surface area contributed by atoms with Crippen molar-refractivity contribution in [1.29, 1.82) is 0 Å². The van der Waals surface area contributed by atoms with Gasteiger partial charge < -0.3 is 5.32 Å². The molecule has 0 unspecified atom stereocenters. The lowest BCUT2D eigenvalue weighted by Crippen LogP contribution is -2.59. The van der Waals surface area contributed by atoms with Crippen molar-refractivity contribution in [2.75, 3.05) is 18.4 Å². The Morgan fingerprint density at radius 2 is 1.74 bits per heavy atom. The first-order valence-corrected chi connectivity index (χ1v) is 8.43. The van der Waals surface area contributed by atoms with Crippen molar-refractivity contribution in [2.24, 2.45) is 5.92 Å². The summed E-state index contributed by atoms with van der Waals surface area (Å²) in [7, 11) is 0. The molecule has 1 aromatic carbocycles. The lowest BCUT2D eigenvalue weighted by atomic mass is 9.79. The molecule has 0 aliphatic carbocycles. The number of pyridine rings is 1. The first-order chi connectivity index (χ1) is 11.2. The zero-order valence-corrected chi connectivity index (χ0v) is 13.4. The van der Waals surface area contributed by atoms with Gasteiger partial charge in [0, 0.05) is 23.8 Å². The van der Waals surface area contributed by atoms with E-state index in [1.807, 2.05) is 12.3 Å². The van der Waals surface area contributed by atoms with Crippen molar-refractivity contribution in [3.05, 3.63) is 48.4 Å². The highest BCUT2D eigenvalue weighted by Crippen LogP contribution is 2.34. The summed E-state index contributed by atoms with van der Waals surface area (Å²) in [6, 6.07) is 11.7. The molecule has 0 spiro atoms. The van der Waals surface area contributed by atoms with Gasteiger partial charge in [-0.05, 0) is 68.6 Å². The van der Waals surface area contributed by atoms with Crippen LogP contribution >= 0.6 is 0 Å². The maximum Gasteiger partial charge on any atom is 0.126 e. The molecule has 120 valence electrons. The molecule has 3 aliphatic heterocycles. The largest absolute Gasteiger partial charge is 0.365 e. The molecule has 23 heavy (non-hydrogen) atoms. The topological polar surface area (TPSA) is 28.2 Å². The van der Waals surface area contributed by atoms with Gasteiger partial charge in [-0.1, -0.05) is 12.1 Å². The Morgan fingerprint density at radius 1 is 1.04 bits per heavy atom. The van der Waals surface area contributed by atoms with Gasteiger partial charge in [0.15, 0.2) is 0 Å². The Bertz CT molecular complexity index is 658. The summed E-state index contributed by atoms with van der Waals surface area (Å²) < 4.78 is 13.0. The van der Waals surface area contributed by atoms with Crippen LogP contribution in [0.4, 0.5) is 10.2 Å². The molecular weight excluding hydrogens is 289 g/mol. The zero-order chi connectivity index (χ0) is 15.8. The van der Waals surface area contributed by atoms with E-state index >= 15 is 0 Å². The van der Waals surface area contributed by atoms with Crippen LogP contribution in [-0.4, -0.2) is 35.1 Å².